The lowest BCUT2D eigenvalue weighted by Gasteiger charge is -2.07. The smallest absolute Gasteiger partial charge is 0.269 e. The number of anilines is 1. The van der Waals surface area contributed by atoms with Gasteiger partial charge in [-0.3, -0.25) is 14.2 Å². The number of aromatic nitrogens is 4. The van der Waals surface area contributed by atoms with Gasteiger partial charge in [-0.2, -0.15) is 10.2 Å². The zero-order valence-electron chi connectivity index (χ0n) is 17.1. The normalized spacial score (nSPS) is 15.7. The van der Waals surface area contributed by atoms with Crippen LogP contribution in [-0.2, 0) is 22.7 Å². The van der Waals surface area contributed by atoms with E-state index in [0.717, 1.165) is 39.2 Å². The summed E-state index contributed by atoms with van der Waals surface area (Å²) in [6.45, 7) is 7.32. The van der Waals surface area contributed by atoms with E-state index >= 15 is 0 Å². The van der Waals surface area contributed by atoms with Crippen LogP contribution >= 0.6 is 15.9 Å². The number of carbonyl (C=O) groups excluding carboxylic acids is 1. The van der Waals surface area contributed by atoms with Gasteiger partial charge in [-0.05, 0) is 38.5 Å². The molecule has 1 amide bonds. The van der Waals surface area contributed by atoms with Gasteiger partial charge in [-0.1, -0.05) is 33.2 Å². The first-order valence-electron chi connectivity index (χ1n) is 9.79. The Hall–Kier alpha value is -2.94. The molecule has 3 aromatic rings. The molecule has 0 fully saturated rings. The number of nitrogens with one attached hydrogen (secondary N) is 1. The van der Waals surface area contributed by atoms with Gasteiger partial charge in [0.2, 0.25) is 6.10 Å². The Bertz CT molecular complexity index is 1100. The van der Waals surface area contributed by atoms with Gasteiger partial charge in [-0.25, -0.2) is 0 Å². The van der Waals surface area contributed by atoms with Crippen LogP contribution in [0.2, 0.25) is 0 Å². The van der Waals surface area contributed by atoms with Gasteiger partial charge < -0.3 is 10.2 Å². The average Bonchev–Trinajstić information content (AvgIpc) is 3.42. The lowest BCUT2D eigenvalue weighted by atomic mass is 10.1. The number of carbonyl (C=O) groups is 1. The first-order valence-corrected chi connectivity index (χ1v) is 10.6. The van der Waals surface area contributed by atoms with E-state index in [9.17, 15) is 4.79 Å². The number of rotatable bonds is 6. The van der Waals surface area contributed by atoms with Crippen molar-refractivity contribution in [2.24, 2.45) is 5.16 Å². The molecule has 1 aliphatic rings. The molecule has 0 saturated carbocycles. The van der Waals surface area contributed by atoms with Crippen LogP contribution in [0.15, 0.2) is 46.2 Å². The summed E-state index contributed by atoms with van der Waals surface area (Å²) < 4.78 is 4.74. The maximum Gasteiger partial charge on any atom is 0.269 e. The minimum absolute atomic E-state index is 0.262. The Labute approximate surface area is 183 Å². The number of benzene rings is 1. The van der Waals surface area contributed by atoms with Crippen molar-refractivity contribution < 1.29 is 9.63 Å². The maximum atomic E-state index is 12.7. The standard InChI is InChI=1S/C21H23BrN6O2/c1-4-27-12-17(14(3)24-27)18-10-19(30-26-18)21(29)23-20-9-13(2)28(25-20)11-15-5-7-16(22)8-6-15/h5-9,12,19H,4,10-11H2,1-3H3,(H,23,25,29). The molecule has 9 heteroatoms. The van der Waals surface area contributed by atoms with E-state index in [4.69, 9.17) is 4.84 Å². The summed E-state index contributed by atoms with van der Waals surface area (Å²) in [6.07, 6.45) is 1.66. The topological polar surface area (TPSA) is 86.3 Å². The second-order valence-electron chi connectivity index (χ2n) is 7.26. The Balaban J connectivity index is 1.39. The predicted molar refractivity (Wildman–Crippen MR) is 118 cm³/mol. The number of hydrogen-bond donors (Lipinski definition) is 1. The molecule has 0 radical (unpaired) electrons. The van der Waals surface area contributed by atoms with Crippen molar-refractivity contribution in [1.82, 2.24) is 19.6 Å². The molecule has 0 spiro atoms. The molecule has 1 unspecified atom stereocenters. The van der Waals surface area contributed by atoms with Gasteiger partial charge in [0.05, 0.1) is 18.0 Å². The highest BCUT2D eigenvalue weighted by Gasteiger charge is 2.31. The molecule has 1 aromatic carbocycles. The zero-order chi connectivity index (χ0) is 21.3. The van der Waals surface area contributed by atoms with Gasteiger partial charge in [0.25, 0.3) is 5.91 Å². The van der Waals surface area contributed by atoms with Crippen LogP contribution in [0.5, 0.6) is 0 Å². The highest BCUT2D eigenvalue weighted by atomic mass is 79.9. The molecule has 0 saturated heterocycles. The van der Waals surface area contributed by atoms with Crippen LogP contribution in [0.25, 0.3) is 0 Å². The SMILES string of the molecule is CCn1cc(C2=NOC(C(=O)Nc3cc(C)n(Cc4ccc(Br)cc4)n3)C2)c(C)n1. The van der Waals surface area contributed by atoms with Crippen LogP contribution < -0.4 is 5.32 Å². The Morgan fingerprint density at radius 1 is 1.27 bits per heavy atom. The van der Waals surface area contributed by atoms with Gasteiger partial charge >= 0.3 is 0 Å². The molecule has 8 nitrogen and oxygen atoms in total. The molecule has 0 bridgehead atoms. The number of nitrogens with zero attached hydrogens (tertiary/aromatic N) is 5. The average molecular weight is 471 g/mol. The van der Waals surface area contributed by atoms with Gasteiger partial charge in [0, 0.05) is 41.0 Å². The molecular formula is C21H23BrN6O2. The fourth-order valence-corrected chi connectivity index (χ4v) is 3.61. The van der Waals surface area contributed by atoms with Crippen LogP contribution in [0.4, 0.5) is 5.82 Å². The van der Waals surface area contributed by atoms with Crippen molar-refractivity contribution in [3.63, 3.8) is 0 Å². The van der Waals surface area contributed by atoms with Crippen molar-refractivity contribution in [3.8, 4) is 0 Å². The Morgan fingerprint density at radius 3 is 2.73 bits per heavy atom. The minimum Gasteiger partial charge on any atom is -0.382 e. The van der Waals surface area contributed by atoms with Crippen LogP contribution in [-0.4, -0.2) is 37.3 Å². The molecule has 3 heterocycles. The zero-order valence-corrected chi connectivity index (χ0v) is 18.7. The molecule has 0 aliphatic carbocycles. The summed E-state index contributed by atoms with van der Waals surface area (Å²) in [5.74, 6) is 0.240. The fraction of sp³-hybridized carbons (Fsp3) is 0.333. The molecule has 2 aromatic heterocycles. The van der Waals surface area contributed by atoms with E-state index in [1.807, 2.05) is 66.7 Å². The van der Waals surface area contributed by atoms with Gasteiger partial charge in [0.1, 0.15) is 0 Å². The number of hydrogen-bond acceptors (Lipinski definition) is 5. The van der Waals surface area contributed by atoms with E-state index in [1.165, 1.54) is 0 Å². The van der Waals surface area contributed by atoms with Crippen molar-refractivity contribution in [2.75, 3.05) is 5.32 Å². The van der Waals surface area contributed by atoms with E-state index in [2.05, 4.69) is 36.6 Å². The molecule has 1 aliphatic heterocycles. The monoisotopic (exact) mass is 470 g/mol. The first kappa shape index (κ1) is 20.3. The van der Waals surface area contributed by atoms with Crippen molar-refractivity contribution in [3.05, 3.63) is 63.5 Å². The van der Waals surface area contributed by atoms with E-state index in [1.54, 1.807) is 0 Å². The summed E-state index contributed by atoms with van der Waals surface area (Å²) in [7, 11) is 0. The van der Waals surface area contributed by atoms with E-state index < -0.39 is 6.10 Å². The van der Waals surface area contributed by atoms with Crippen LogP contribution in [0.1, 0.15) is 35.9 Å². The Morgan fingerprint density at radius 2 is 2.03 bits per heavy atom. The molecule has 156 valence electrons. The molecule has 30 heavy (non-hydrogen) atoms. The molecule has 1 N–H and O–H groups in total. The van der Waals surface area contributed by atoms with Crippen molar-refractivity contribution >= 4 is 33.4 Å². The summed E-state index contributed by atoms with van der Waals surface area (Å²) in [6, 6.07) is 9.92. The summed E-state index contributed by atoms with van der Waals surface area (Å²) in [5, 5.41) is 15.9. The number of aryl methyl sites for hydroxylation is 3. The van der Waals surface area contributed by atoms with E-state index in [-0.39, 0.29) is 5.91 Å². The second kappa shape index (κ2) is 8.43. The molecule has 4 rings (SSSR count). The summed E-state index contributed by atoms with van der Waals surface area (Å²) in [5.41, 5.74) is 4.62. The minimum atomic E-state index is -0.679. The second-order valence-corrected chi connectivity index (χ2v) is 8.18. The fourth-order valence-electron chi connectivity index (χ4n) is 3.34. The lowest BCUT2D eigenvalue weighted by Crippen LogP contribution is -2.28. The van der Waals surface area contributed by atoms with Gasteiger partial charge in [0.15, 0.2) is 5.82 Å². The summed E-state index contributed by atoms with van der Waals surface area (Å²) >= 11 is 3.44. The highest BCUT2D eigenvalue weighted by molar-refractivity contribution is 9.10. The third-order valence-electron chi connectivity index (χ3n) is 5.02. The van der Waals surface area contributed by atoms with E-state index in [0.29, 0.717) is 18.8 Å². The first-order chi connectivity index (χ1) is 14.4. The number of halogens is 1. The third-order valence-corrected chi connectivity index (χ3v) is 5.55. The van der Waals surface area contributed by atoms with Gasteiger partial charge in [-0.15, -0.1) is 0 Å². The quantitative estimate of drug-likeness (QED) is 0.595. The van der Waals surface area contributed by atoms with Crippen molar-refractivity contribution in [2.45, 2.75) is 46.4 Å². The molecular weight excluding hydrogens is 448 g/mol. The highest BCUT2D eigenvalue weighted by Crippen LogP contribution is 2.21. The van der Waals surface area contributed by atoms with Crippen molar-refractivity contribution in [1.29, 1.82) is 0 Å². The number of oxime groups is 1. The molecule has 1 atom stereocenters. The maximum absolute atomic E-state index is 12.7. The third kappa shape index (κ3) is 4.30. The van der Waals surface area contributed by atoms with Crippen LogP contribution in [0, 0.1) is 13.8 Å². The Kier molecular flexibility index (Phi) is 5.72. The van der Waals surface area contributed by atoms with Crippen LogP contribution in [0.3, 0.4) is 0 Å². The lowest BCUT2D eigenvalue weighted by molar-refractivity contribution is -0.125. The summed E-state index contributed by atoms with van der Waals surface area (Å²) in [4.78, 5) is 18.1. The number of amides is 1. The predicted octanol–water partition coefficient (Wildman–Crippen LogP) is 3.66. The largest absolute Gasteiger partial charge is 0.382 e.